The van der Waals surface area contributed by atoms with E-state index < -0.39 is 36.0 Å². The largest absolute Gasteiger partial charge is 0.335 e. The first kappa shape index (κ1) is 21.8. The fraction of sp³-hybridized carbons (Fsp3) is 0.545. The highest BCUT2D eigenvalue weighted by Crippen LogP contribution is 2.29. The van der Waals surface area contributed by atoms with E-state index in [-0.39, 0.29) is 6.04 Å². The molecule has 0 spiro atoms. The average Bonchev–Trinajstić information content (AvgIpc) is 2.92. The van der Waals surface area contributed by atoms with Crippen LogP contribution in [0.4, 0.5) is 9.59 Å². The van der Waals surface area contributed by atoms with Crippen LogP contribution < -0.4 is 16.0 Å². The van der Waals surface area contributed by atoms with Crippen molar-refractivity contribution in [3.63, 3.8) is 0 Å². The molecule has 1 atom stereocenters. The van der Waals surface area contributed by atoms with Crippen molar-refractivity contribution in [2.75, 3.05) is 6.54 Å². The molecule has 0 unspecified atom stereocenters. The molecule has 6 amide bonds. The van der Waals surface area contributed by atoms with Crippen molar-refractivity contribution < 1.29 is 19.2 Å². The lowest BCUT2D eigenvalue weighted by Crippen LogP contribution is -2.49. The number of imide groups is 2. The summed E-state index contributed by atoms with van der Waals surface area (Å²) in [6, 6.07) is 6.29. The van der Waals surface area contributed by atoms with Crippen LogP contribution in [0.1, 0.15) is 69.9 Å². The third kappa shape index (κ3) is 4.63. The second-order valence-electron chi connectivity index (χ2n) is 8.58. The van der Waals surface area contributed by atoms with Gasteiger partial charge in [0.1, 0.15) is 12.1 Å². The lowest BCUT2D eigenvalue weighted by atomic mass is 9.90. The Balaban J connectivity index is 1.61. The molecule has 30 heavy (non-hydrogen) atoms. The maximum Gasteiger partial charge on any atom is 0.325 e. The van der Waals surface area contributed by atoms with Crippen LogP contribution in [0.15, 0.2) is 24.3 Å². The number of nitrogens with one attached hydrogen (secondary N) is 3. The van der Waals surface area contributed by atoms with E-state index in [1.165, 1.54) is 0 Å². The molecule has 0 aromatic heterocycles. The maximum atomic E-state index is 13.0. The summed E-state index contributed by atoms with van der Waals surface area (Å²) in [7, 11) is 0. The lowest BCUT2D eigenvalue weighted by Gasteiger charge is -2.23. The zero-order valence-corrected chi connectivity index (χ0v) is 17.8. The number of nitrogens with zero attached hydrogens (tertiary/aromatic N) is 1. The quantitative estimate of drug-likeness (QED) is 0.644. The molecule has 8 heteroatoms. The first-order valence-electron chi connectivity index (χ1n) is 10.6. The second-order valence-corrected chi connectivity index (χ2v) is 8.58. The van der Waals surface area contributed by atoms with Gasteiger partial charge in [0.05, 0.1) is 0 Å². The highest BCUT2D eigenvalue weighted by Gasteiger charge is 2.49. The fourth-order valence-electron chi connectivity index (χ4n) is 4.02. The second kappa shape index (κ2) is 8.85. The van der Waals surface area contributed by atoms with E-state index in [1.54, 1.807) is 6.92 Å². The van der Waals surface area contributed by atoms with Crippen LogP contribution in [0.25, 0.3) is 0 Å². The minimum Gasteiger partial charge on any atom is -0.335 e. The molecule has 1 aliphatic carbocycles. The molecule has 162 valence electrons. The van der Waals surface area contributed by atoms with Crippen LogP contribution >= 0.6 is 0 Å². The molecule has 1 aliphatic heterocycles. The molecule has 8 nitrogen and oxygen atoms in total. The Kier molecular flexibility index (Phi) is 6.43. The minimum absolute atomic E-state index is 0.0559. The van der Waals surface area contributed by atoms with Gasteiger partial charge in [-0.15, -0.1) is 0 Å². The van der Waals surface area contributed by atoms with Gasteiger partial charge in [0, 0.05) is 6.04 Å². The molecule has 1 saturated heterocycles. The number of rotatable bonds is 5. The third-order valence-corrected chi connectivity index (χ3v) is 5.92. The van der Waals surface area contributed by atoms with E-state index in [4.69, 9.17) is 0 Å². The van der Waals surface area contributed by atoms with E-state index in [1.807, 2.05) is 24.3 Å². The smallest absolute Gasteiger partial charge is 0.325 e. The van der Waals surface area contributed by atoms with Crippen LogP contribution in [-0.2, 0) is 15.1 Å². The van der Waals surface area contributed by atoms with Crippen molar-refractivity contribution in [2.24, 2.45) is 0 Å². The van der Waals surface area contributed by atoms with Gasteiger partial charge in [0.25, 0.3) is 5.91 Å². The van der Waals surface area contributed by atoms with Gasteiger partial charge in [-0.05, 0) is 36.8 Å². The number of carbonyl (C=O) groups excluding carboxylic acids is 4. The summed E-state index contributed by atoms with van der Waals surface area (Å²) in [5.74, 6) is -0.875. The fourth-order valence-corrected chi connectivity index (χ4v) is 4.02. The number of benzene rings is 1. The normalized spacial score (nSPS) is 22.2. The van der Waals surface area contributed by atoms with Crippen molar-refractivity contribution in [1.29, 1.82) is 0 Å². The van der Waals surface area contributed by atoms with Crippen molar-refractivity contribution >= 4 is 23.9 Å². The monoisotopic (exact) mass is 414 g/mol. The minimum atomic E-state index is -1.25. The molecular weight excluding hydrogens is 384 g/mol. The summed E-state index contributed by atoms with van der Waals surface area (Å²) >= 11 is 0. The number of amides is 6. The molecular formula is C22H30N4O4. The van der Waals surface area contributed by atoms with Gasteiger partial charge in [-0.3, -0.25) is 19.8 Å². The summed E-state index contributed by atoms with van der Waals surface area (Å²) in [6.07, 6.45) is 5.05. The van der Waals surface area contributed by atoms with Crippen molar-refractivity contribution in [1.82, 2.24) is 20.9 Å². The summed E-state index contributed by atoms with van der Waals surface area (Å²) in [6.45, 7) is 5.25. The van der Waals surface area contributed by atoms with Crippen molar-refractivity contribution in [2.45, 2.75) is 70.4 Å². The molecule has 2 aliphatic rings. The Morgan fingerprint density at radius 2 is 1.77 bits per heavy atom. The first-order chi connectivity index (χ1) is 14.2. The predicted octanol–water partition coefficient (Wildman–Crippen LogP) is 2.74. The summed E-state index contributed by atoms with van der Waals surface area (Å²) in [5.41, 5.74) is 0.513. The number of hydrogen-bond donors (Lipinski definition) is 3. The molecule has 3 rings (SSSR count). The van der Waals surface area contributed by atoms with E-state index in [9.17, 15) is 19.2 Å². The Bertz CT molecular complexity index is 830. The standard InChI is InChI=1S/C22H30N4O4/c1-14(2)15-9-11-16(12-10-15)22(3)19(28)26(21(30)25-22)13-18(27)24-20(29)23-17-7-5-4-6-8-17/h9-12,14,17H,4-8,13H2,1-3H3,(H,25,30)(H2,23,24,27,29)/t22-/m0/s1. The number of carbonyl (C=O) groups is 4. The van der Waals surface area contributed by atoms with E-state index >= 15 is 0 Å². The van der Waals surface area contributed by atoms with Gasteiger partial charge in [-0.2, -0.15) is 0 Å². The predicted molar refractivity (Wildman–Crippen MR) is 112 cm³/mol. The van der Waals surface area contributed by atoms with Crippen LogP contribution in [0.3, 0.4) is 0 Å². The van der Waals surface area contributed by atoms with Gasteiger partial charge >= 0.3 is 12.1 Å². The van der Waals surface area contributed by atoms with Crippen LogP contribution in [0.2, 0.25) is 0 Å². The summed E-state index contributed by atoms with van der Waals surface area (Å²) < 4.78 is 0. The first-order valence-corrected chi connectivity index (χ1v) is 10.6. The zero-order chi connectivity index (χ0) is 21.9. The highest BCUT2D eigenvalue weighted by molar-refractivity contribution is 6.10. The summed E-state index contributed by atoms with van der Waals surface area (Å²) in [5, 5.41) is 7.67. The van der Waals surface area contributed by atoms with E-state index in [0.717, 1.165) is 42.6 Å². The highest BCUT2D eigenvalue weighted by atomic mass is 16.2. The van der Waals surface area contributed by atoms with Crippen LogP contribution in [0.5, 0.6) is 0 Å². The lowest BCUT2D eigenvalue weighted by molar-refractivity contribution is -0.134. The summed E-state index contributed by atoms with van der Waals surface area (Å²) in [4.78, 5) is 50.5. The van der Waals surface area contributed by atoms with Crippen molar-refractivity contribution in [3.05, 3.63) is 35.4 Å². The molecule has 1 heterocycles. The van der Waals surface area contributed by atoms with Gasteiger partial charge < -0.3 is 10.6 Å². The Labute approximate surface area is 176 Å². The van der Waals surface area contributed by atoms with Gasteiger partial charge in [-0.25, -0.2) is 9.59 Å². The van der Waals surface area contributed by atoms with E-state index in [0.29, 0.717) is 11.5 Å². The molecule has 3 N–H and O–H groups in total. The van der Waals surface area contributed by atoms with Crippen LogP contribution in [0, 0.1) is 0 Å². The van der Waals surface area contributed by atoms with Crippen molar-refractivity contribution in [3.8, 4) is 0 Å². The molecule has 1 aromatic carbocycles. The Morgan fingerprint density at radius 1 is 1.13 bits per heavy atom. The third-order valence-electron chi connectivity index (χ3n) is 5.92. The molecule has 1 aromatic rings. The number of urea groups is 2. The molecule has 1 saturated carbocycles. The molecule has 0 bridgehead atoms. The van der Waals surface area contributed by atoms with Gasteiger partial charge in [0.2, 0.25) is 5.91 Å². The molecule has 0 radical (unpaired) electrons. The topological polar surface area (TPSA) is 108 Å². The number of hydrogen-bond acceptors (Lipinski definition) is 4. The Morgan fingerprint density at radius 3 is 2.37 bits per heavy atom. The molecule has 2 fully saturated rings. The maximum absolute atomic E-state index is 13.0. The van der Waals surface area contributed by atoms with Crippen LogP contribution in [-0.4, -0.2) is 41.4 Å². The zero-order valence-electron chi connectivity index (χ0n) is 17.8. The SMILES string of the molecule is CC(C)c1ccc([C@]2(C)NC(=O)N(CC(=O)NC(=O)NC3CCCCC3)C2=O)cc1. The van der Waals surface area contributed by atoms with E-state index in [2.05, 4.69) is 29.8 Å². The van der Waals surface area contributed by atoms with Gasteiger partial charge in [0.15, 0.2) is 0 Å². The van der Waals surface area contributed by atoms with Gasteiger partial charge in [-0.1, -0.05) is 57.4 Å². The Hall–Kier alpha value is -2.90. The average molecular weight is 415 g/mol.